The Hall–Kier alpha value is -2.02. The van der Waals surface area contributed by atoms with Gasteiger partial charge in [0.2, 0.25) is 0 Å². The standard InChI is InChI=1S/C12H12FNO2/c1-3-15-9(2)8-16-12-6-11(13)5-4-10(12)7-14/h4-6H,2-3,8H2,1H3. The second-order valence-electron chi connectivity index (χ2n) is 3.01. The maximum absolute atomic E-state index is 12.9. The predicted molar refractivity (Wildman–Crippen MR) is 57.4 cm³/mol. The first-order valence-corrected chi connectivity index (χ1v) is 4.80. The van der Waals surface area contributed by atoms with Gasteiger partial charge in [0.25, 0.3) is 0 Å². The van der Waals surface area contributed by atoms with E-state index in [-0.39, 0.29) is 17.9 Å². The molecule has 0 radical (unpaired) electrons. The zero-order valence-electron chi connectivity index (χ0n) is 9.00. The number of ether oxygens (including phenoxy) is 2. The second-order valence-corrected chi connectivity index (χ2v) is 3.01. The highest BCUT2D eigenvalue weighted by Gasteiger charge is 2.05. The molecule has 0 heterocycles. The quantitative estimate of drug-likeness (QED) is 0.718. The molecule has 0 aliphatic rings. The third-order valence-electron chi connectivity index (χ3n) is 1.80. The fraction of sp³-hybridized carbons (Fsp3) is 0.250. The van der Waals surface area contributed by atoms with E-state index < -0.39 is 5.82 Å². The Balaban J connectivity index is 2.70. The number of nitrogens with zero attached hydrogens (tertiary/aromatic N) is 1. The Labute approximate surface area is 93.7 Å². The van der Waals surface area contributed by atoms with Gasteiger partial charge in [0.15, 0.2) is 0 Å². The minimum absolute atomic E-state index is 0.103. The SMILES string of the molecule is C=C(COc1cc(F)ccc1C#N)OCC. The molecule has 3 nitrogen and oxygen atoms in total. The first-order valence-electron chi connectivity index (χ1n) is 4.80. The third-order valence-corrected chi connectivity index (χ3v) is 1.80. The van der Waals surface area contributed by atoms with E-state index in [1.54, 1.807) is 0 Å². The third kappa shape index (κ3) is 3.28. The van der Waals surface area contributed by atoms with E-state index in [1.165, 1.54) is 12.1 Å². The van der Waals surface area contributed by atoms with E-state index in [9.17, 15) is 4.39 Å². The Kier molecular flexibility index (Phi) is 4.34. The van der Waals surface area contributed by atoms with Crippen LogP contribution in [0, 0.1) is 17.1 Å². The van der Waals surface area contributed by atoms with Gasteiger partial charge >= 0.3 is 0 Å². The van der Waals surface area contributed by atoms with Gasteiger partial charge in [-0.2, -0.15) is 5.26 Å². The van der Waals surface area contributed by atoms with Crippen molar-refractivity contribution < 1.29 is 13.9 Å². The molecule has 1 aromatic carbocycles. The second kappa shape index (κ2) is 5.76. The van der Waals surface area contributed by atoms with Crippen molar-refractivity contribution in [1.82, 2.24) is 0 Å². The lowest BCUT2D eigenvalue weighted by molar-refractivity contribution is 0.182. The van der Waals surface area contributed by atoms with Gasteiger partial charge in [0, 0.05) is 6.07 Å². The number of nitriles is 1. The highest BCUT2D eigenvalue weighted by molar-refractivity contribution is 5.43. The summed E-state index contributed by atoms with van der Waals surface area (Å²) < 4.78 is 23.2. The molecule has 4 heteroatoms. The topological polar surface area (TPSA) is 42.2 Å². The van der Waals surface area contributed by atoms with Gasteiger partial charge in [-0.15, -0.1) is 0 Å². The molecule has 0 fully saturated rings. The van der Waals surface area contributed by atoms with Gasteiger partial charge < -0.3 is 9.47 Å². The van der Waals surface area contributed by atoms with E-state index in [1.807, 2.05) is 13.0 Å². The first kappa shape index (κ1) is 12.1. The summed E-state index contributed by atoms with van der Waals surface area (Å²) >= 11 is 0. The zero-order chi connectivity index (χ0) is 12.0. The Morgan fingerprint density at radius 3 is 2.94 bits per heavy atom. The van der Waals surface area contributed by atoms with Crippen LogP contribution in [0.2, 0.25) is 0 Å². The number of hydrogen-bond acceptors (Lipinski definition) is 3. The average molecular weight is 221 g/mol. The van der Waals surface area contributed by atoms with Crippen LogP contribution in [0.15, 0.2) is 30.5 Å². The van der Waals surface area contributed by atoms with Crippen LogP contribution in [-0.4, -0.2) is 13.2 Å². The van der Waals surface area contributed by atoms with E-state index in [4.69, 9.17) is 14.7 Å². The molecule has 0 bridgehead atoms. The zero-order valence-corrected chi connectivity index (χ0v) is 9.00. The fourth-order valence-corrected chi connectivity index (χ4v) is 1.11. The van der Waals surface area contributed by atoms with E-state index in [0.29, 0.717) is 12.4 Å². The number of hydrogen-bond donors (Lipinski definition) is 0. The molecule has 0 saturated carbocycles. The molecular weight excluding hydrogens is 209 g/mol. The molecule has 0 aliphatic carbocycles. The highest BCUT2D eigenvalue weighted by atomic mass is 19.1. The van der Waals surface area contributed by atoms with Crippen molar-refractivity contribution >= 4 is 0 Å². The molecule has 84 valence electrons. The molecule has 0 N–H and O–H groups in total. The normalized spacial score (nSPS) is 9.31. The van der Waals surface area contributed by atoms with Gasteiger partial charge in [-0.3, -0.25) is 0 Å². The van der Waals surface area contributed by atoms with Crippen LogP contribution in [0.1, 0.15) is 12.5 Å². The summed E-state index contributed by atoms with van der Waals surface area (Å²) in [4.78, 5) is 0. The molecule has 0 unspecified atom stereocenters. The van der Waals surface area contributed by atoms with Crippen molar-refractivity contribution in [2.24, 2.45) is 0 Å². The first-order chi connectivity index (χ1) is 7.67. The summed E-state index contributed by atoms with van der Waals surface area (Å²) in [6, 6.07) is 5.66. The van der Waals surface area contributed by atoms with E-state index in [0.717, 1.165) is 6.07 Å². The van der Waals surface area contributed by atoms with Crippen molar-refractivity contribution in [2.75, 3.05) is 13.2 Å². The maximum atomic E-state index is 12.9. The lowest BCUT2D eigenvalue weighted by atomic mass is 10.2. The largest absolute Gasteiger partial charge is 0.495 e. The molecule has 0 aromatic heterocycles. The average Bonchev–Trinajstić information content (AvgIpc) is 2.27. The Morgan fingerprint density at radius 2 is 2.31 bits per heavy atom. The number of benzene rings is 1. The van der Waals surface area contributed by atoms with Crippen LogP contribution in [0.3, 0.4) is 0 Å². The van der Waals surface area contributed by atoms with Crippen molar-refractivity contribution in [3.8, 4) is 11.8 Å². The highest BCUT2D eigenvalue weighted by Crippen LogP contribution is 2.19. The Morgan fingerprint density at radius 1 is 1.56 bits per heavy atom. The summed E-state index contributed by atoms with van der Waals surface area (Å²) in [5.41, 5.74) is 0.283. The minimum Gasteiger partial charge on any atom is -0.495 e. The molecule has 16 heavy (non-hydrogen) atoms. The molecule has 1 aromatic rings. The van der Waals surface area contributed by atoms with Crippen LogP contribution in [0.25, 0.3) is 0 Å². The maximum Gasteiger partial charge on any atom is 0.145 e. The number of rotatable bonds is 5. The van der Waals surface area contributed by atoms with Gasteiger partial charge in [-0.1, -0.05) is 6.58 Å². The van der Waals surface area contributed by atoms with Gasteiger partial charge in [0.1, 0.15) is 30.0 Å². The molecule has 0 aliphatic heterocycles. The molecule has 0 atom stereocenters. The minimum atomic E-state index is -0.448. The summed E-state index contributed by atoms with van der Waals surface area (Å²) in [7, 11) is 0. The van der Waals surface area contributed by atoms with E-state index in [2.05, 4.69) is 6.58 Å². The smallest absolute Gasteiger partial charge is 0.145 e. The van der Waals surface area contributed by atoms with E-state index >= 15 is 0 Å². The summed E-state index contributed by atoms with van der Waals surface area (Å²) in [6.07, 6.45) is 0. The summed E-state index contributed by atoms with van der Waals surface area (Å²) in [6.45, 7) is 6.04. The van der Waals surface area contributed by atoms with Gasteiger partial charge in [-0.25, -0.2) is 4.39 Å². The van der Waals surface area contributed by atoms with Crippen LogP contribution >= 0.6 is 0 Å². The predicted octanol–water partition coefficient (Wildman–Crippen LogP) is 2.63. The van der Waals surface area contributed by atoms with Crippen molar-refractivity contribution in [1.29, 1.82) is 5.26 Å². The molecule has 0 spiro atoms. The van der Waals surface area contributed by atoms with Crippen LogP contribution < -0.4 is 4.74 Å². The lowest BCUT2D eigenvalue weighted by Crippen LogP contribution is -2.04. The number of halogens is 1. The molecule has 1 rings (SSSR count). The van der Waals surface area contributed by atoms with Crippen LogP contribution in [0.5, 0.6) is 5.75 Å². The molecule has 0 amide bonds. The van der Waals surface area contributed by atoms with Crippen molar-refractivity contribution in [2.45, 2.75) is 6.92 Å². The summed E-state index contributed by atoms with van der Waals surface area (Å²) in [5, 5.41) is 8.77. The van der Waals surface area contributed by atoms with Gasteiger partial charge in [0.05, 0.1) is 12.2 Å². The lowest BCUT2D eigenvalue weighted by Gasteiger charge is -2.10. The van der Waals surface area contributed by atoms with Crippen LogP contribution in [0.4, 0.5) is 4.39 Å². The fourth-order valence-electron chi connectivity index (χ4n) is 1.11. The van der Waals surface area contributed by atoms with Crippen LogP contribution in [-0.2, 0) is 4.74 Å². The van der Waals surface area contributed by atoms with Crippen molar-refractivity contribution in [3.05, 3.63) is 41.9 Å². The molecular formula is C12H12FNO2. The summed E-state index contributed by atoms with van der Waals surface area (Å²) in [5.74, 6) is 0.190. The van der Waals surface area contributed by atoms with Gasteiger partial charge in [-0.05, 0) is 19.1 Å². The monoisotopic (exact) mass is 221 g/mol. The molecule has 0 saturated heterocycles. The Bertz CT molecular complexity index is 424. The van der Waals surface area contributed by atoms with Crippen molar-refractivity contribution in [3.63, 3.8) is 0 Å².